The van der Waals surface area contributed by atoms with Crippen LogP contribution in [0.5, 0.6) is 0 Å². The van der Waals surface area contributed by atoms with Crippen LogP contribution < -0.4 is 0 Å². The van der Waals surface area contributed by atoms with Crippen LogP contribution >= 0.6 is 0 Å². The van der Waals surface area contributed by atoms with E-state index < -0.39 is 46.1 Å². The Morgan fingerprint density at radius 1 is 0.500 bits per heavy atom. The number of benzene rings is 5. The van der Waals surface area contributed by atoms with Crippen LogP contribution in [0.3, 0.4) is 0 Å². The maximum atomic E-state index is 12.2. The van der Waals surface area contributed by atoms with Crippen molar-refractivity contribution in [2.75, 3.05) is 0 Å². The van der Waals surface area contributed by atoms with Gasteiger partial charge in [-0.1, -0.05) is 36.4 Å². The van der Waals surface area contributed by atoms with Crippen LogP contribution in [0.2, 0.25) is 0 Å². The molecule has 5 rings (SSSR count). The highest BCUT2D eigenvalue weighted by Crippen LogP contribution is 2.44. The molecule has 4 N–H and O–H groups in total. The molecule has 8 nitrogen and oxygen atoms in total. The van der Waals surface area contributed by atoms with Crippen molar-refractivity contribution in [3.05, 3.63) is 70.8 Å². The molecule has 0 radical (unpaired) electrons. The highest BCUT2D eigenvalue weighted by molar-refractivity contribution is 6.38. The largest absolute Gasteiger partial charge is 0.478 e. The molecule has 0 spiro atoms. The number of rotatable bonds is 4. The molecule has 0 heterocycles. The van der Waals surface area contributed by atoms with Crippen molar-refractivity contribution in [3.8, 4) is 0 Å². The molecule has 0 aliphatic rings. The third-order valence-electron chi connectivity index (χ3n) is 5.78. The van der Waals surface area contributed by atoms with E-state index in [9.17, 15) is 39.6 Å². The molecule has 0 aliphatic heterocycles. The summed E-state index contributed by atoms with van der Waals surface area (Å²) < 4.78 is 0. The predicted molar refractivity (Wildman–Crippen MR) is 115 cm³/mol. The Bertz CT molecular complexity index is 1670. The molecular weight excluding hydrogens is 416 g/mol. The van der Waals surface area contributed by atoms with Crippen molar-refractivity contribution in [2.45, 2.75) is 0 Å². The standard InChI is InChI=1S/C24H12O8/c25-21(26)14-7-12-10-5-1-3-9-4-2-6-11(16(9)10)19-17(12)13(18(14)23(29)30)8-15(22(27)28)20(19)24(31)32/h1-8H,(H,25,26)(H,27,28)(H,29,30)(H,31,32). The zero-order valence-electron chi connectivity index (χ0n) is 16.0. The van der Waals surface area contributed by atoms with Crippen molar-refractivity contribution >= 4 is 67.0 Å². The van der Waals surface area contributed by atoms with Gasteiger partial charge in [0.2, 0.25) is 0 Å². The van der Waals surface area contributed by atoms with E-state index in [1.165, 1.54) is 6.07 Å². The van der Waals surface area contributed by atoms with E-state index in [1.54, 1.807) is 36.4 Å². The monoisotopic (exact) mass is 428 g/mol. The van der Waals surface area contributed by atoms with Crippen LogP contribution in [0.25, 0.3) is 43.1 Å². The lowest BCUT2D eigenvalue weighted by Crippen LogP contribution is -2.13. The normalized spacial score (nSPS) is 11.5. The van der Waals surface area contributed by atoms with Gasteiger partial charge in [-0.2, -0.15) is 0 Å². The molecule has 0 aliphatic carbocycles. The molecule has 0 amide bonds. The molecule has 32 heavy (non-hydrogen) atoms. The smallest absolute Gasteiger partial charge is 0.337 e. The van der Waals surface area contributed by atoms with E-state index in [1.807, 2.05) is 0 Å². The average molecular weight is 428 g/mol. The quantitative estimate of drug-likeness (QED) is 0.241. The Morgan fingerprint density at radius 2 is 1.03 bits per heavy atom. The predicted octanol–water partition coefficient (Wildman–Crippen LogP) is 4.53. The van der Waals surface area contributed by atoms with Gasteiger partial charge in [0.15, 0.2) is 0 Å². The topological polar surface area (TPSA) is 149 Å². The number of fused-ring (bicyclic) bond motifs is 2. The van der Waals surface area contributed by atoms with Gasteiger partial charge in [0, 0.05) is 5.39 Å². The highest BCUT2D eigenvalue weighted by atomic mass is 16.4. The van der Waals surface area contributed by atoms with Gasteiger partial charge in [-0.15, -0.1) is 0 Å². The molecule has 0 saturated heterocycles. The van der Waals surface area contributed by atoms with Gasteiger partial charge in [-0.3, -0.25) is 0 Å². The van der Waals surface area contributed by atoms with E-state index in [-0.39, 0.29) is 16.2 Å². The van der Waals surface area contributed by atoms with E-state index in [0.29, 0.717) is 21.5 Å². The summed E-state index contributed by atoms with van der Waals surface area (Å²) in [7, 11) is 0. The second-order valence-electron chi connectivity index (χ2n) is 7.37. The van der Waals surface area contributed by atoms with Gasteiger partial charge < -0.3 is 20.4 Å². The zero-order chi connectivity index (χ0) is 22.9. The van der Waals surface area contributed by atoms with Crippen molar-refractivity contribution in [1.82, 2.24) is 0 Å². The average Bonchev–Trinajstić information content (AvgIpc) is 2.75. The SMILES string of the molecule is O=C(O)c1cc2c3cccc4cccc(c5c(C(=O)O)c(C(=O)O)cc(c1C(=O)O)c25)c43. The van der Waals surface area contributed by atoms with Gasteiger partial charge in [0.25, 0.3) is 0 Å². The second-order valence-corrected chi connectivity index (χ2v) is 7.37. The number of carbonyl (C=O) groups is 4. The first kappa shape index (κ1) is 19.3. The highest BCUT2D eigenvalue weighted by Gasteiger charge is 2.29. The lowest BCUT2D eigenvalue weighted by atomic mass is 9.83. The zero-order valence-corrected chi connectivity index (χ0v) is 16.0. The lowest BCUT2D eigenvalue weighted by molar-refractivity contribution is 0.0651. The molecule has 8 heteroatoms. The molecule has 0 unspecified atom stereocenters. The molecule has 5 aromatic rings. The van der Waals surface area contributed by atoms with E-state index in [0.717, 1.165) is 11.5 Å². The van der Waals surface area contributed by atoms with Crippen molar-refractivity contribution in [1.29, 1.82) is 0 Å². The maximum Gasteiger partial charge on any atom is 0.337 e. The summed E-state index contributed by atoms with van der Waals surface area (Å²) in [5.74, 6) is -6.10. The molecule has 0 bridgehead atoms. The second kappa shape index (κ2) is 6.39. The fourth-order valence-corrected chi connectivity index (χ4v) is 4.64. The third-order valence-corrected chi connectivity index (χ3v) is 5.78. The Labute approximate surface area is 177 Å². The third kappa shape index (κ3) is 2.37. The minimum absolute atomic E-state index is 0.0612. The molecule has 0 aromatic heterocycles. The fraction of sp³-hybridized carbons (Fsp3) is 0. The number of carboxylic acid groups (broad SMARTS) is 4. The first-order valence-electron chi connectivity index (χ1n) is 9.35. The van der Waals surface area contributed by atoms with Crippen molar-refractivity contribution in [2.24, 2.45) is 0 Å². The van der Waals surface area contributed by atoms with E-state index in [2.05, 4.69) is 0 Å². The molecule has 5 aromatic carbocycles. The molecule has 0 saturated carbocycles. The Kier molecular flexibility index (Phi) is 3.84. The van der Waals surface area contributed by atoms with Crippen molar-refractivity contribution < 1.29 is 39.6 Å². The van der Waals surface area contributed by atoms with Gasteiger partial charge in [-0.05, 0) is 49.8 Å². The molecule has 156 valence electrons. The van der Waals surface area contributed by atoms with Crippen LogP contribution in [-0.4, -0.2) is 44.3 Å². The Balaban J connectivity index is 2.29. The van der Waals surface area contributed by atoms with Gasteiger partial charge in [0.05, 0.1) is 22.3 Å². The summed E-state index contributed by atoms with van der Waals surface area (Å²) in [5.41, 5.74) is -2.20. The Morgan fingerprint density at radius 3 is 1.59 bits per heavy atom. The number of hydrogen-bond acceptors (Lipinski definition) is 4. The molecule has 0 atom stereocenters. The minimum Gasteiger partial charge on any atom is -0.478 e. The summed E-state index contributed by atoms with van der Waals surface area (Å²) >= 11 is 0. The summed E-state index contributed by atoms with van der Waals surface area (Å²) in [6.07, 6.45) is 0. The fourth-order valence-electron chi connectivity index (χ4n) is 4.64. The number of hydrogen-bond donors (Lipinski definition) is 4. The summed E-state index contributed by atoms with van der Waals surface area (Å²) in [4.78, 5) is 48.3. The van der Waals surface area contributed by atoms with Crippen LogP contribution in [0.15, 0.2) is 48.5 Å². The molecule has 0 fully saturated rings. The van der Waals surface area contributed by atoms with E-state index in [4.69, 9.17) is 0 Å². The lowest BCUT2D eigenvalue weighted by Gasteiger charge is -2.19. The minimum atomic E-state index is -1.56. The summed E-state index contributed by atoms with van der Waals surface area (Å²) in [6, 6.07) is 12.6. The number of aromatic carboxylic acids is 4. The Hall–Kier alpha value is -4.72. The van der Waals surface area contributed by atoms with Crippen LogP contribution in [0.4, 0.5) is 0 Å². The molecular formula is C24H12O8. The van der Waals surface area contributed by atoms with Crippen LogP contribution in [0.1, 0.15) is 41.4 Å². The van der Waals surface area contributed by atoms with Crippen LogP contribution in [-0.2, 0) is 0 Å². The first-order valence-corrected chi connectivity index (χ1v) is 9.35. The van der Waals surface area contributed by atoms with E-state index >= 15 is 0 Å². The van der Waals surface area contributed by atoms with Crippen LogP contribution in [0, 0.1) is 0 Å². The van der Waals surface area contributed by atoms with Crippen molar-refractivity contribution in [3.63, 3.8) is 0 Å². The first-order chi connectivity index (χ1) is 15.2. The summed E-state index contributed by atoms with van der Waals surface area (Å²) in [6.45, 7) is 0. The van der Waals surface area contributed by atoms with Gasteiger partial charge in [0.1, 0.15) is 0 Å². The van der Waals surface area contributed by atoms with Gasteiger partial charge >= 0.3 is 23.9 Å². The summed E-state index contributed by atoms with van der Waals surface area (Å²) in [5, 5.41) is 42.1. The van der Waals surface area contributed by atoms with Gasteiger partial charge in [-0.25, -0.2) is 19.2 Å². The number of carboxylic acids is 4. The maximum absolute atomic E-state index is 12.2.